The van der Waals surface area contributed by atoms with Gasteiger partial charge in [0, 0.05) is 11.1 Å². The lowest BCUT2D eigenvalue weighted by Crippen LogP contribution is -2.12. The van der Waals surface area contributed by atoms with Crippen LogP contribution in [0, 0.1) is 0 Å². The van der Waals surface area contributed by atoms with Crippen LogP contribution in [0.2, 0.25) is 0 Å². The second kappa shape index (κ2) is 23.0. The highest BCUT2D eigenvalue weighted by atomic mass is 31.2. The van der Waals surface area contributed by atoms with Gasteiger partial charge in [-0.1, -0.05) is 177 Å². The average molecular weight is 1000 g/mol. The van der Waals surface area contributed by atoms with Gasteiger partial charge >= 0.3 is 29.1 Å². The lowest BCUT2D eigenvalue weighted by Gasteiger charge is -2.27. The van der Waals surface area contributed by atoms with Gasteiger partial charge in [0.05, 0.1) is 14.2 Å². The molecule has 0 amide bonds. The van der Waals surface area contributed by atoms with Crippen molar-refractivity contribution in [1.29, 1.82) is 0 Å². The Kier molecular flexibility index (Phi) is 16.3. The number of hydrogen-bond donors (Lipinski definition) is 0. The summed E-state index contributed by atoms with van der Waals surface area (Å²) in [6.07, 6.45) is 0. The molecule has 0 spiro atoms. The molecule has 8 aromatic rings. The lowest BCUT2D eigenvalue weighted by molar-refractivity contribution is 0.0589. The molecule has 12 heteroatoms. The summed E-state index contributed by atoms with van der Waals surface area (Å²) in [7, 11) is -2.25. The normalized spacial score (nSPS) is 11.5. The predicted molar refractivity (Wildman–Crippen MR) is 289 cm³/mol. The number of rotatable bonds is 19. The largest absolute Gasteiger partial charge is 0.530 e. The Bertz CT molecular complexity index is 2900. The summed E-state index contributed by atoms with van der Waals surface area (Å²) in [5, 5.41) is 2.65. The molecule has 0 atom stereocenters. The summed E-state index contributed by atoms with van der Waals surface area (Å²) in [5.41, 5.74) is 4.65. The van der Waals surface area contributed by atoms with Crippen molar-refractivity contribution in [3.05, 3.63) is 191 Å². The van der Waals surface area contributed by atoms with E-state index in [1.54, 1.807) is 12.1 Å². The minimum Gasteiger partial charge on any atom is -0.465 e. The number of benzene rings is 8. The molecule has 0 aliphatic heterocycles. The zero-order chi connectivity index (χ0) is 51.1. The van der Waals surface area contributed by atoms with Crippen molar-refractivity contribution in [3.8, 4) is 45.6 Å². The fraction of sp³-hybridized carbons (Fsp3) is 0.233. The number of para-hydroxylation sites is 4. The Labute approximate surface area is 425 Å². The Morgan fingerprint density at radius 3 is 0.903 bits per heavy atom. The van der Waals surface area contributed by atoms with Gasteiger partial charge in [0.25, 0.3) is 0 Å². The summed E-state index contributed by atoms with van der Waals surface area (Å²) in [6.45, 7) is 16.7. The highest BCUT2D eigenvalue weighted by Gasteiger charge is 2.36. The maximum atomic E-state index is 14.5. The highest BCUT2D eigenvalue weighted by Crippen LogP contribution is 2.56. The Morgan fingerprint density at radius 2 is 0.625 bits per heavy atom. The van der Waals surface area contributed by atoms with E-state index in [2.05, 4.69) is 55.4 Å². The van der Waals surface area contributed by atoms with Gasteiger partial charge in [-0.25, -0.2) is 9.59 Å². The third-order valence-corrected chi connectivity index (χ3v) is 14.3. The van der Waals surface area contributed by atoms with Crippen LogP contribution in [0.3, 0.4) is 0 Å². The maximum Gasteiger partial charge on any atom is 0.530 e. The van der Waals surface area contributed by atoms with Gasteiger partial charge in [-0.05, 0) is 104 Å². The first-order valence-corrected chi connectivity index (χ1v) is 26.3. The molecule has 0 bridgehead atoms. The fourth-order valence-electron chi connectivity index (χ4n) is 8.61. The van der Waals surface area contributed by atoms with Gasteiger partial charge in [-0.3, -0.25) is 0 Å². The quantitative estimate of drug-likeness (QED) is 0.0574. The molecular weight excluding hydrogens is 943 g/mol. The molecule has 0 N–H and O–H groups in total. The molecule has 0 aromatic heterocycles. The first kappa shape index (κ1) is 51.2. The Morgan fingerprint density at radius 1 is 0.361 bits per heavy atom. The maximum absolute atomic E-state index is 14.5. The van der Waals surface area contributed by atoms with E-state index in [1.165, 1.54) is 14.2 Å². The van der Waals surface area contributed by atoms with Gasteiger partial charge in [-0.2, -0.15) is 0 Å². The van der Waals surface area contributed by atoms with Gasteiger partial charge in [0.1, 0.15) is 34.1 Å². The summed E-state index contributed by atoms with van der Waals surface area (Å²) < 4.78 is 53.2. The van der Waals surface area contributed by atoms with Crippen LogP contribution in [-0.2, 0) is 9.47 Å². The van der Waals surface area contributed by atoms with Gasteiger partial charge in [0.15, 0.2) is 11.5 Å². The van der Waals surface area contributed by atoms with Gasteiger partial charge in [-0.15, -0.1) is 0 Å². The fourth-order valence-corrected chi connectivity index (χ4v) is 10.8. The zero-order valence-corrected chi connectivity index (χ0v) is 44.1. The number of esters is 2. The molecule has 0 unspecified atom stereocenters. The van der Waals surface area contributed by atoms with E-state index in [0.29, 0.717) is 55.7 Å². The molecule has 0 saturated heterocycles. The monoisotopic (exact) mass is 1000 g/mol. The number of methoxy groups -OCH3 is 2. The molecular formula is C60H60O10P2. The highest BCUT2D eigenvalue weighted by molar-refractivity contribution is 7.43. The van der Waals surface area contributed by atoms with Crippen LogP contribution in [-0.4, -0.2) is 26.2 Å². The first-order chi connectivity index (χ1) is 34.8. The minimum absolute atomic E-state index is 0.0641. The van der Waals surface area contributed by atoms with Crippen LogP contribution in [0.15, 0.2) is 158 Å². The minimum atomic E-state index is -2.44. The van der Waals surface area contributed by atoms with Crippen LogP contribution in [0.1, 0.15) is 122 Å². The third-order valence-electron chi connectivity index (χ3n) is 12.3. The number of ether oxygens (including phenoxy) is 2. The SMILES string of the molecule is COC(=O)c1cc2ccccc2c(-c2c(OP(Oc3ccccc3C(C)C)Oc3ccccc3C(C)C)c(C(=O)OC)cc3ccccc23)c1OP(Oc1ccccc1C(C)C)Oc1ccccc1C(C)C. The van der Waals surface area contributed by atoms with Crippen molar-refractivity contribution < 1.29 is 46.2 Å². The molecule has 8 rings (SSSR count). The second-order valence-corrected chi connectivity index (χ2v) is 20.4. The van der Waals surface area contributed by atoms with E-state index >= 15 is 0 Å². The number of hydrogen-bond acceptors (Lipinski definition) is 10. The number of fused-ring (bicyclic) bond motifs is 2. The molecule has 0 saturated carbocycles. The lowest BCUT2D eigenvalue weighted by atomic mass is 9.89. The van der Waals surface area contributed by atoms with Crippen LogP contribution >= 0.6 is 17.2 Å². The van der Waals surface area contributed by atoms with Gasteiger partial charge < -0.3 is 36.6 Å². The molecule has 8 aromatic carbocycles. The summed E-state index contributed by atoms with van der Waals surface area (Å²) >= 11 is 0. The number of carbonyl (C=O) groups is 2. The summed E-state index contributed by atoms with van der Waals surface area (Å²) in [6, 6.07) is 49.7. The van der Waals surface area contributed by atoms with E-state index in [-0.39, 0.29) is 46.3 Å². The van der Waals surface area contributed by atoms with Crippen molar-refractivity contribution in [2.24, 2.45) is 0 Å². The van der Waals surface area contributed by atoms with Gasteiger partial charge in [0.2, 0.25) is 0 Å². The second-order valence-electron chi connectivity index (χ2n) is 18.4. The molecule has 0 aliphatic rings. The molecule has 0 heterocycles. The molecule has 10 nitrogen and oxygen atoms in total. The van der Waals surface area contributed by atoms with E-state index < -0.39 is 29.1 Å². The van der Waals surface area contributed by atoms with Crippen LogP contribution in [0.25, 0.3) is 32.7 Å². The van der Waals surface area contributed by atoms with Crippen LogP contribution < -0.4 is 27.1 Å². The molecule has 72 heavy (non-hydrogen) atoms. The Hall–Kier alpha value is -7.12. The van der Waals surface area contributed by atoms with Crippen LogP contribution in [0.5, 0.6) is 34.5 Å². The summed E-state index contributed by atoms with van der Waals surface area (Å²) in [4.78, 5) is 28.9. The van der Waals surface area contributed by atoms with Crippen LogP contribution in [0.4, 0.5) is 0 Å². The Balaban J connectivity index is 1.45. The number of carbonyl (C=O) groups excluding carboxylic acids is 2. The zero-order valence-electron chi connectivity index (χ0n) is 42.3. The third kappa shape index (κ3) is 11.2. The van der Waals surface area contributed by atoms with E-state index in [1.807, 2.05) is 146 Å². The first-order valence-electron chi connectivity index (χ1n) is 24.1. The topological polar surface area (TPSA) is 108 Å². The standard InChI is InChI=1S/C60H60O10P2/c1-37(2)43-25-15-19-31-51(43)65-71(66-52-32-20-16-26-44(52)38(3)4)69-57-49(59(61)63-9)35-41-23-11-13-29-47(41)55(57)56-48-30-14-12-24-42(48)36-50(60(62)64-10)58(56)70-72(67-53-33-21-17-27-45(53)39(5)6)68-54-34-22-18-28-46(54)40(7)8/h11-40H,1-10H3. The van der Waals surface area contributed by atoms with Crippen molar-refractivity contribution in [2.75, 3.05) is 14.2 Å². The van der Waals surface area contributed by atoms with Crippen molar-refractivity contribution >= 4 is 50.7 Å². The van der Waals surface area contributed by atoms with E-state index in [4.69, 9.17) is 36.6 Å². The van der Waals surface area contributed by atoms with E-state index in [9.17, 15) is 9.59 Å². The predicted octanol–water partition coefficient (Wildman–Crippen LogP) is 17.3. The molecule has 0 aliphatic carbocycles. The molecule has 0 fully saturated rings. The molecule has 0 radical (unpaired) electrons. The van der Waals surface area contributed by atoms with Crippen molar-refractivity contribution in [1.82, 2.24) is 0 Å². The summed E-state index contributed by atoms with van der Waals surface area (Å²) in [5.74, 6) is 1.27. The van der Waals surface area contributed by atoms with E-state index in [0.717, 1.165) is 22.3 Å². The van der Waals surface area contributed by atoms with Crippen molar-refractivity contribution in [2.45, 2.75) is 79.1 Å². The average Bonchev–Trinajstić information content (AvgIpc) is 3.38. The molecule has 370 valence electrons. The van der Waals surface area contributed by atoms with Crippen molar-refractivity contribution in [3.63, 3.8) is 0 Å². The smallest absolute Gasteiger partial charge is 0.465 e.